The van der Waals surface area contributed by atoms with Gasteiger partial charge in [-0.15, -0.1) is 0 Å². The number of carbonyl (C=O) groups excluding carboxylic acids is 2. The van der Waals surface area contributed by atoms with Crippen molar-refractivity contribution in [1.29, 1.82) is 0 Å². The summed E-state index contributed by atoms with van der Waals surface area (Å²) in [5.74, 6) is 1.25. The molecule has 0 spiro atoms. The second-order valence-corrected chi connectivity index (χ2v) is 11.2. The van der Waals surface area contributed by atoms with Gasteiger partial charge in [-0.2, -0.15) is 0 Å². The number of ketones is 1. The molecular formula is C31H36BrNO7. The maximum absolute atomic E-state index is 14.0. The van der Waals surface area contributed by atoms with Crippen LogP contribution in [-0.4, -0.2) is 46.8 Å². The highest BCUT2D eigenvalue weighted by atomic mass is 79.9. The van der Waals surface area contributed by atoms with Crippen molar-refractivity contribution in [3.05, 3.63) is 68.5 Å². The number of hydrogen-bond acceptors (Lipinski definition) is 8. The van der Waals surface area contributed by atoms with Gasteiger partial charge in [0.1, 0.15) is 0 Å². The van der Waals surface area contributed by atoms with Crippen LogP contribution in [0.3, 0.4) is 0 Å². The number of hydrogen-bond donors (Lipinski definition) is 1. The van der Waals surface area contributed by atoms with E-state index in [2.05, 4.69) is 21.2 Å². The SMILES string of the molecule is COc1ccc([C@H]2CC(=O)C3=C(C2)NC(C)=C(C(=O)OCC(C)C)[C@H]3c2cc(Br)c(OC)c(OC)c2)cc1OC. The molecule has 2 aliphatic rings. The summed E-state index contributed by atoms with van der Waals surface area (Å²) in [7, 11) is 6.30. The van der Waals surface area contributed by atoms with Crippen LogP contribution in [0.15, 0.2) is 57.3 Å². The minimum Gasteiger partial charge on any atom is -0.493 e. The van der Waals surface area contributed by atoms with E-state index in [1.807, 2.05) is 51.1 Å². The van der Waals surface area contributed by atoms with Gasteiger partial charge >= 0.3 is 5.97 Å². The van der Waals surface area contributed by atoms with Crippen LogP contribution in [0, 0.1) is 5.92 Å². The first-order valence-electron chi connectivity index (χ1n) is 13.2. The van der Waals surface area contributed by atoms with E-state index in [0.717, 1.165) is 16.8 Å². The molecule has 2 aromatic carbocycles. The summed E-state index contributed by atoms with van der Waals surface area (Å²) < 4.78 is 28.3. The molecule has 4 rings (SSSR count). The maximum Gasteiger partial charge on any atom is 0.336 e. The molecule has 214 valence electrons. The summed E-state index contributed by atoms with van der Waals surface area (Å²) >= 11 is 3.58. The first-order valence-corrected chi connectivity index (χ1v) is 14.0. The summed E-state index contributed by atoms with van der Waals surface area (Å²) in [6.45, 7) is 6.09. The van der Waals surface area contributed by atoms with Gasteiger partial charge in [0.15, 0.2) is 28.8 Å². The fraction of sp³-hybridized carbons (Fsp3) is 0.419. The van der Waals surface area contributed by atoms with Gasteiger partial charge in [-0.25, -0.2) is 4.79 Å². The van der Waals surface area contributed by atoms with Crippen LogP contribution < -0.4 is 24.3 Å². The number of allylic oxidation sites excluding steroid dienone is 3. The molecule has 1 aliphatic carbocycles. The Morgan fingerprint density at radius 1 is 0.950 bits per heavy atom. The lowest BCUT2D eigenvalue weighted by Gasteiger charge is -2.37. The number of ether oxygens (including phenoxy) is 5. The molecule has 2 atom stereocenters. The number of methoxy groups -OCH3 is 4. The molecule has 0 aromatic heterocycles. The molecule has 0 unspecified atom stereocenters. The van der Waals surface area contributed by atoms with Gasteiger partial charge in [-0.1, -0.05) is 19.9 Å². The fourth-order valence-corrected chi connectivity index (χ4v) is 6.03. The van der Waals surface area contributed by atoms with E-state index in [9.17, 15) is 9.59 Å². The summed E-state index contributed by atoms with van der Waals surface area (Å²) in [6, 6.07) is 9.44. The van der Waals surface area contributed by atoms with Crippen LogP contribution in [0.5, 0.6) is 23.0 Å². The Labute approximate surface area is 243 Å². The van der Waals surface area contributed by atoms with Crippen molar-refractivity contribution in [3.8, 4) is 23.0 Å². The standard InChI is InChI=1S/C31H36BrNO7/c1-16(2)15-40-31(35)27-17(3)33-22-11-19(18-8-9-24(36-4)25(13-18)37-5)12-23(34)29(22)28(27)20-10-21(32)30(39-7)26(14-20)38-6/h8-10,13-14,16,19,28,33H,11-12,15H2,1-7H3/t19-,28-/m1/s1. The van der Waals surface area contributed by atoms with Crippen LogP contribution >= 0.6 is 15.9 Å². The molecule has 8 nitrogen and oxygen atoms in total. The fourth-order valence-electron chi connectivity index (χ4n) is 5.41. The average molecular weight is 615 g/mol. The topological polar surface area (TPSA) is 92.3 Å². The number of rotatable bonds is 9. The Morgan fingerprint density at radius 2 is 1.62 bits per heavy atom. The molecule has 1 N–H and O–H groups in total. The second kappa shape index (κ2) is 12.4. The summed E-state index contributed by atoms with van der Waals surface area (Å²) in [4.78, 5) is 27.5. The van der Waals surface area contributed by atoms with E-state index in [-0.39, 0.29) is 30.6 Å². The number of nitrogens with one attached hydrogen (secondary N) is 1. The van der Waals surface area contributed by atoms with E-state index in [1.54, 1.807) is 28.4 Å². The van der Waals surface area contributed by atoms with Gasteiger partial charge in [-0.05, 0) is 76.5 Å². The normalized spacial score (nSPS) is 18.8. The third-order valence-corrected chi connectivity index (χ3v) is 7.85. The summed E-state index contributed by atoms with van der Waals surface area (Å²) in [6.07, 6.45) is 0.876. The van der Waals surface area contributed by atoms with Crippen LogP contribution in [0.2, 0.25) is 0 Å². The van der Waals surface area contributed by atoms with Crippen molar-refractivity contribution < 1.29 is 33.3 Å². The van der Waals surface area contributed by atoms with Gasteiger partial charge in [-0.3, -0.25) is 4.79 Å². The largest absolute Gasteiger partial charge is 0.493 e. The third-order valence-electron chi connectivity index (χ3n) is 7.26. The molecule has 0 bridgehead atoms. The monoisotopic (exact) mass is 613 g/mol. The van der Waals surface area contributed by atoms with Crippen molar-refractivity contribution in [3.63, 3.8) is 0 Å². The Morgan fingerprint density at radius 3 is 2.25 bits per heavy atom. The first-order chi connectivity index (χ1) is 19.1. The number of halogens is 1. The quantitative estimate of drug-likeness (QED) is 0.342. The molecule has 1 heterocycles. The molecule has 0 fully saturated rings. The van der Waals surface area contributed by atoms with Crippen molar-refractivity contribution in [2.75, 3.05) is 35.0 Å². The highest BCUT2D eigenvalue weighted by Gasteiger charge is 2.42. The lowest BCUT2D eigenvalue weighted by molar-refractivity contribution is -0.140. The van der Waals surface area contributed by atoms with E-state index >= 15 is 0 Å². The molecule has 2 aromatic rings. The van der Waals surface area contributed by atoms with Gasteiger partial charge in [0.05, 0.1) is 45.1 Å². The molecule has 0 radical (unpaired) electrons. The Kier molecular flexibility index (Phi) is 9.13. The highest BCUT2D eigenvalue weighted by molar-refractivity contribution is 9.10. The van der Waals surface area contributed by atoms with E-state index in [1.165, 1.54) is 0 Å². The number of dihydropyridines is 1. The molecule has 0 saturated carbocycles. The van der Waals surface area contributed by atoms with E-state index in [4.69, 9.17) is 23.7 Å². The molecule has 1 aliphatic heterocycles. The highest BCUT2D eigenvalue weighted by Crippen LogP contribution is 2.49. The zero-order valence-corrected chi connectivity index (χ0v) is 25.6. The second-order valence-electron chi connectivity index (χ2n) is 10.4. The van der Waals surface area contributed by atoms with Gasteiger partial charge in [0, 0.05) is 29.3 Å². The lowest BCUT2D eigenvalue weighted by Crippen LogP contribution is -2.36. The van der Waals surface area contributed by atoms with Crippen LogP contribution in [0.1, 0.15) is 56.6 Å². The molecule has 40 heavy (non-hydrogen) atoms. The molecule has 0 saturated heterocycles. The van der Waals surface area contributed by atoms with Gasteiger partial charge < -0.3 is 29.0 Å². The predicted molar refractivity (Wildman–Crippen MR) is 155 cm³/mol. The maximum atomic E-state index is 14.0. The van der Waals surface area contributed by atoms with E-state index in [0.29, 0.717) is 50.7 Å². The smallest absolute Gasteiger partial charge is 0.336 e. The first kappa shape index (κ1) is 29.5. The molecular weight excluding hydrogens is 578 g/mol. The lowest BCUT2D eigenvalue weighted by atomic mass is 9.71. The molecule has 0 amide bonds. The number of Topliss-reactive ketones (excluding diaryl/α,β-unsaturated/α-hetero) is 1. The van der Waals surface area contributed by atoms with Crippen molar-refractivity contribution in [2.45, 2.75) is 45.4 Å². The minimum atomic E-state index is -0.633. The van der Waals surface area contributed by atoms with Gasteiger partial charge in [0.25, 0.3) is 0 Å². The van der Waals surface area contributed by atoms with Crippen molar-refractivity contribution >= 4 is 27.7 Å². The van der Waals surface area contributed by atoms with Crippen LogP contribution in [0.4, 0.5) is 0 Å². The van der Waals surface area contributed by atoms with Crippen LogP contribution in [0.25, 0.3) is 0 Å². The number of carbonyl (C=O) groups is 2. The zero-order valence-electron chi connectivity index (χ0n) is 24.0. The number of benzene rings is 2. The Balaban J connectivity index is 1.82. The number of esters is 1. The minimum absolute atomic E-state index is 0.0360. The summed E-state index contributed by atoms with van der Waals surface area (Å²) in [5, 5.41) is 3.40. The van der Waals surface area contributed by atoms with Crippen molar-refractivity contribution in [1.82, 2.24) is 5.32 Å². The zero-order chi connectivity index (χ0) is 29.1. The van der Waals surface area contributed by atoms with Crippen molar-refractivity contribution in [2.24, 2.45) is 5.92 Å². The van der Waals surface area contributed by atoms with E-state index < -0.39 is 11.9 Å². The Hall–Kier alpha value is -3.46. The van der Waals surface area contributed by atoms with Crippen LogP contribution in [-0.2, 0) is 14.3 Å². The molecule has 9 heteroatoms. The summed E-state index contributed by atoms with van der Waals surface area (Å²) in [5.41, 5.74) is 4.14. The predicted octanol–water partition coefficient (Wildman–Crippen LogP) is 6.04. The third kappa shape index (κ3) is 5.70. The Bertz CT molecular complexity index is 1380. The van der Waals surface area contributed by atoms with Gasteiger partial charge in [0.2, 0.25) is 0 Å². The average Bonchev–Trinajstić information content (AvgIpc) is 2.93.